The van der Waals surface area contributed by atoms with Crippen LogP contribution in [-0.4, -0.2) is 17.3 Å². The minimum atomic E-state index is -0.129. The van der Waals surface area contributed by atoms with E-state index in [4.69, 9.17) is 0 Å². The van der Waals surface area contributed by atoms with E-state index in [9.17, 15) is 5.11 Å². The van der Waals surface area contributed by atoms with Gasteiger partial charge in [0.05, 0.1) is 6.10 Å². The Morgan fingerprint density at radius 1 is 0.718 bits per heavy atom. The van der Waals surface area contributed by atoms with Gasteiger partial charge in [-0.1, -0.05) is 88.4 Å². The van der Waals surface area contributed by atoms with Crippen LogP contribution >= 0.6 is 0 Å². The minimum Gasteiger partial charge on any atom is -0.393 e. The number of aliphatic hydroxyl groups is 1. The Bertz CT molecular complexity index is 1050. The largest absolute Gasteiger partial charge is 0.393 e. The van der Waals surface area contributed by atoms with Crippen LogP contribution in [0, 0.1) is 45.8 Å². The first-order valence-corrected chi connectivity index (χ1v) is 16.2. The van der Waals surface area contributed by atoms with E-state index in [0.717, 1.165) is 43.1 Å². The third kappa shape index (κ3) is 4.82. The summed E-state index contributed by atoms with van der Waals surface area (Å²) in [6, 6.07) is 22.7. The molecule has 6 rings (SSSR count). The fraction of sp³-hybridized carbons (Fsp3) is 0.676. The van der Waals surface area contributed by atoms with E-state index in [1.807, 2.05) is 0 Å². The molecule has 39 heavy (non-hydrogen) atoms. The van der Waals surface area contributed by atoms with Crippen LogP contribution in [0.25, 0.3) is 0 Å². The van der Waals surface area contributed by atoms with Crippen molar-refractivity contribution >= 4 is 0 Å². The zero-order valence-corrected chi connectivity index (χ0v) is 25.0. The molecule has 4 aliphatic rings. The molecule has 0 amide bonds. The molecule has 9 atom stereocenters. The fourth-order valence-corrected chi connectivity index (χ4v) is 11.0. The van der Waals surface area contributed by atoms with Crippen LogP contribution in [0.1, 0.15) is 96.6 Å². The number of hydrogen-bond acceptors (Lipinski definition) is 2. The molecule has 2 aromatic rings. The average Bonchev–Trinajstić information content (AvgIpc) is 3.29. The lowest BCUT2D eigenvalue weighted by Gasteiger charge is -2.65. The van der Waals surface area contributed by atoms with Crippen LogP contribution in [0.4, 0.5) is 0 Å². The van der Waals surface area contributed by atoms with Crippen molar-refractivity contribution in [1.82, 2.24) is 5.32 Å². The Labute approximate surface area is 238 Å². The predicted molar refractivity (Wildman–Crippen MR) is 162 cm³/mol. The normalized spacial score (nSPS) is 39.8. The summed E-state index contributed by atoms with van der Waals surface area (Å²) in [7, 11) is 0. The van der Waals surface area contributed by atoms with Crippen molar-refractivity contribution in [2.45, 2.75) is 111 Å². The van der Waals surface area contributed by atoms with Crippen molar-refractivity contribution in [2.24, 2.45) is 45.8 Å². The molecule has 4 saturated carbocycles. The SMILES string of the molecule is CC1(C)[C@@H](O)CC[C@]2(C)[C@H]3CC[C@@H]4[C@@H](C(CCc5ccccc5)NCc5ccccc5)CC[C@@]4(C)[C@@H]3CC[C@@H]12. The van der Waals surface area contributed by atoms with Gasteiger partial charge in [0, 0.05) is 12.6 Å². The fourth-order valence-electron chi connectivity index (χ4n) is 11.0. The Morgan fingerprint density at radius 3 is 2.03 bits per heavy atom. The summed E-state index contributed by atoms with van der Waals surface area (Å²) < 4.78 is 0. The second kappa shape index (κ2) is 10.6. The van der Waals surface area contributed by atoms with E-state index in [0.29, 0.717) is 22.8 Å². The van der Waals surface area contributed by atoms with Crippen molar-refractivity contribution < 1.29 is 5.11 Å². The summed E-state index contributed by atoms with van der Waals surface area (Å²) in [5, 5.41) is 15.1. The maximum absolute atomic E-state index is 10.9. The van der Waals surface area contributed by atoms with Crippen LogP contribution < -0.4 is 5.32 Å². The second-order valence-corrected chi connectivity index (χ2v) is 15.1. The van der Waals surface area contributed by atoms with E-state index in [-0.39, 0.29) is 11.5 Å². The van der Waals surface area contributed by atoms with Gasteiger partial charge in [-0.05, 0) is 121 Å². The lowest BCUT2D eigenvalue weighted by Crippen LogP contribution is -2.60. The Kier molecular flexibility index (Phi) is 7.51. The molecule has 2 heteroatoms. The monoisotopic (exact) mass is 527 g/mol. The van der Waals surface area contributed by atoms with E-state index >= 15 is 0 Å². The van der Waals surface area contributed by atoms with Crippen LogP contribution in [-0.2, 0) is 13.0 Å². The zero-order valence-electron chi connectivity index (χ0n) is 25.0. The number of aryl methyl sites for hydroxylation is 1. The van der Waals surface area contributed by atoms with Gasteiger partial charge in [0.2, 0.25) is 0 Å². The first-order valence-electron chi connectivity index (χ1n) is 16.2. The minimum absolute atomic E-state index is 0.0534. The highest BCUT2D eigenvalue weighted by molar-refractivity contribution is 5.18. The standard InChI is InChI=1S/C37H53NO/c1-35(2)33-20-18-30-31(37(33,4)24-22-34(35)39)17-16-29-28(21-23-36(29,30)3)32(19-15-26-11-7-5-8-12-26)38-25-27-13-9-6-10-14-27/h5-14,28-34,38-39H,15-25H2,1-4H3/t28-,29+,30+,31-,32?,33-,34-,36+,37+/m0/s1. The summed E-state index contributed by atoms with van der Waals surface area (Å²) >= 11 is 0. The van der Waals surface area contributed by atoms with Crippen LogP contribution in [0.15, 0.2) is 60.7 Å². The molecule has 212 valence electrons. The molecule has 2 N–H and O–H groups in total. The number of nitrogens with one attached hydrogen (secondary N) is 1. The molecule has 4 fully saturated rings. The Hall–Kier alpha value is -1.64. The third-order valence-corrected chi connectivity index (χ3v) is 13.1. The Morgan fingerprint density at radius 2 is 1.31 bits per heavy atom. The number of aliphatic hydroxyl groups excluding tert-OH is 1. The highest BCUT2D eigenvalue weighted by atomic mass is 16.3. The van der Waals surface area contributed by atoms with E-state index in [1.165, 1.54) is 62.5 Å². The summed E-state index contributed by atoms with van der Waals surface area (Å²) in [5.41, 5.74) is 3.80. The topological polar surface area (TPSA) is 32.3 Å². The van der Waals surface area contributed by atoms with Gasteiger partial charge >= 0.3 is 0 Å². The zero-order chi connectivity index (χ0) is 27.3. The molecule has 0 heterocycles. The van der Waals surface area contributed by atoms with Gasteiger partial charge in [-0.3, -0.25) is 0 Å². The van der Waals surface area contributed by atoms with Crippen LogP contribution in [0.5, 0.6) is 0 Å². The van der Waals surface area contributed by atoms with Gasteiger partial charge in [-0.2, -0.15) is 0 Å². The van der Waals surface area contributed by atoms with Gasteiger partial charge in [-0.25, -0.2) is 0 Å². The summed E-state index contributed by atoms with van der Waals surface area (Å²) in [5.74, 6) is 3.97. The molecular weight excluding hydrogens is 474 g/mol. The van der Waals surface area contributed by atoms with Crippen LogP contribution in [0.2, 0.25) is 0 Å². The van der Waals surface area contributed by atoms with Gasteiger partial charge in [0.15, 0.2) is 0 Å². The molecule has 0 radical (unpaired) electrons. The molecule has 0 aromatic heterocycles. The first-order chi connectivity index (χ1) is 18.7. The van der Waals surface area contributed by atoms with E-state index in [2.05, 4.69) is 93.7 Å². The van der Waals surface area contributed by atoms with Crippen molar-refractivity contribution in [3.05, 3.63) is 71.8 Å². The van der Waals surface area contributed by atoms with E-state index in [1.54, 1.807) is 0 Å². The summed E-state index contributed by atoms with van der Waals surface area (Å²) in [4.78, 5) is 0. The summed E-state index contributed by atoms with van der Waals surface area (Å²) in [6.45, 7) is 11.1. The Balaban J connectivity index is 1.22. The van der Waals surface area contributed by atoms with Crippen molar-refractivity contribution in [1.29, 1.82) is 0 Å². The quantitative estimate of drug-likeness (QED) is 0.379. The smallest absolute Gasteiger partial charge is 0.0594 e. The van der Waals surface area contributed by atoms with Crippen molar-refractivity contribution in [2.75, 3.05) is 0 Å². The van der Waals surface area contributed by atoms with Gasteiger partial charge in [0.25, 0.3) is 0 Å². The highest BCUT2D eigenvalue weighted by Gasteiger charge is 2.64. The van der Waals surface area contributed by atoms with Gasteiger partial charge in [-0.15, -0.1) is 0 Å². The molecule has 2 nitrogen and oxygen atoms in total. The molecule has 4 aliphatic carbocycles. The molecule has 0 spiro atoms. The van der Waals surface area contributed by atoms with Crippen molar-refractivity contribution in [3.8, 4) is 0 Å². The average molecular weight is 528 g/mol. The van der Waals surface area contributed by atoms with Crippen LogP contribution in [0.3, 0.4) is 0 Å². The maximum atomic E-state index is 10.9. The summed E-state index contributed by atoms with van der Waals surface area (Å²) in [6.07, 6.45) is 12.8. The first kappa shape index (κ1) is 27.5. The lowest BCUT2D eigenvalue weighted by atomic mass is 9.40. The molecule has 2 aromatic carbocycles. The molecule has 1 unspecified atom stereocenters. The van der Waals surface area contributed by atoms with Gasteiger partial charge < -0.3 is 10.4 Å². The predicted octanol–water partition coefficient (Wildman–Crippen LogP) is 8.43. The van der Waals surface area contributed by atoms with Gasteiger partial charge in [0.1, 0.15) is 0 Å². The molecular formula is C37H53NO. The highest BCUT2D eigenvalue weighted by Crippen LogP contribution is 2.70. The third-order valence-electron chi connectivity index (χ3n) is 13.1. The molecule has 0 aliphatic heterocycles. The molecule has 0 bridgehead atoms. The van der Waals surface area contributed by atoms with Crippen molar-refractivity contribution in [3.63, 3.8) is 0 Å². The van der Waals surface area contributed by atoms with E-state index < -0.39 is 0 Å². The molecule has 0 saturated heterocycles. The number of benzene rings is 2. The number of fused-ring (bicyclic) bond motifs is 5. The number of rotatable bonds is 7. The maximum Gasteiger partial charge on any atom is 0.0594 e. The lowest BCUT2D eigenvalue weighted by molar-refractivity contribution is -0.184. The second-order valence-electron chi connectivity index (χ2n) is 15.1. The number of hydrogen-bond donors (Lipinski definition) is 2.